The molecule has 0 bridgehead atoms. The number of hydrogen-bond acceptors (Lipinski definition) is 15. The molecule has 11 atom stereocenters. The Morgan fingerprint density at radius 2 is 0.829 bits per heavy atom. The lowest BCUT2D eigenvalue weighted by Gasteiger charge is -2.42. The highest BCUT2D eigenvalue weighted by Crippen LogP contribution is 2.27. The number of unbranched alkanes of at least 4 members (excludes halogenated alkanes) is 29. The lowest BCUT2D eigenvalue weighted by Crippen LogP contribution is -2.61. The highest BCUT2D eigenvalue weighted by molar-refractivity contribution is 5.70. The second kappa shape index (κ2) is 42.6. The zero-order chi connectivity index (χ0) is 51.0. The molecule has 0 spiro atoms. The van der Waals surface area contributed by atoms with Crippen molar-refractivity contribution in [1.29, 1.82) is 0 Å². The average Bonchev–Trinajstić information content (AvgIpc) is 3.35. The molecule has 4 unspecified atom stereocenters. The van der Waals surface area contributed by atoms with Crippen molar-refractivity contribution < 1.29 is 73.8 Å². The van der Waals surface area contributed by atoms with Crippen molar-refractivity contribution in [3.05, 3.63) is 12.2 Å². The summed E-state index contributed by atoms with van der Waals surface area (Å²) in [6.07, 6.45) is 26.9. The van der Waals surface area contributed by atoms with Gasteiger partial charge in [-0.2, -0.15) is 0 Å². The number of ether oxygens (including phenoxy) is 6. The minimum Gasteiger partial charge on any atom is -0.462 e. The van der Waals surface area contributed by atoms with E-state index in [9.17, 15) is 45.3 Å². The van der Waals surface area contributed by atoms with Crippen molar-refractivity contribution in [3.8, 4) is 0 Å². The number of aliphatic hydroxyl groups excluding tert-OH is 7. The Bertz CT molecular complexity index is 1270. The molecule has 7 N–H and O–H groups in total. The van der Waals surface area contributed by atoms with Crippen molar-refractivity contribution in [2.75, 3.05) is 26.4 Å². The monoisotopic (exact) mass is 1000 g/mol. The summed E-state index contributed by atoms with van der Waals surface area (Å²) in [6, 6.07) is 0. The van der Waals surface area contributed by atoms with Gasteiger partial charge in [-0.25, -0.2) is 0 Å². The number of aliphatic hydroxyl groups is 7. The topological polar surface area (TPSA) is 231 Å². The van der Waals surface area contributed by atoms with E-state index in [1.165, 1.54) is 154 Å². The van der Waals surface area contributed by atoms with Crippen LogP contribution in [0.5, 0.6) is 0 Å². The van der Waals surface area contributed by atoms with Gasteiger partial charge in [0.05, 0.1) is 19.8 Å². The van der Waals surface area contributed by atoms with Crippen molar-refractivity contribution >= 4 is 11.9 Å². The van der Waals surface area contributed by atoms with E-state index in [2.05, 4.69) is 26.0 Å². The number of hydrogen-bond donors (Lipinski definition) is 7. The minimum atomic E-state index is -1.77. The zero-order valence-corrected chi connectivity index (χ0v) is 43.8. The summed E-state index contributed by atoms with van der Waals surface area (Å²) in [7, 11) is 0. The molecule has 15 nitrogen and oxygen atoms in total. The Kier molecular flexibility index (Phi) is 39.1. The lowest BCUT2D eigenvalue weighted by molar-refractivity contribution is -0.332. The second-order valence-corrected chi connectivity index (χ2v) is 20.1. The molecule has 0 aromatic rings. The molecule has 412 valence electrons. The van der Waals surface area contributed by atoms with Gasteiger partial charge in [-0.1, -0.05) is 199 Å². The molecule has 2 aliphatic rings. The molecular weight excluding hydrogens is 901 g/mol. The molecule has 0 radical (unpaired) electrons. The standard InChI is InChI=1S/C55H102O15/c1-3-5-7-9-11-13-15-16-17-18-19-20-21-22-23-24-25-26-28-30-32-34-36-38-47(58)68-43(40-65-46(57)37-35-33-31-29-27-14-12-10-8-6-4-2)41-66-54-53(64)51(62)49(60)45(70-54)42-67-55-52(63)50(61)48(59)44(39-56)69-55/h30,32,43-45,48-56,59-64H,3-29,31,33-42H2,1-2H3/b32-30+/t43-,44+,45+,48-,49-,50?,51?,52?,53?,54+,55+/m1/s1. The van der Waals surface area contributed by atoms with Gasteiger partial charge in [-0.05, 0) is 32.1 Å². The maximum Gasteiger partial charge on any atom is 0.306 e. The molecule has 2 fully saturated rings. The van der Waals surface area contributed by atoms with Crippen LogP contribution in [0.4, 0.5) is 0 Å². The van der Waals surface area contributed by atoms with Gasteiger partial charge in [0, 0.05) is 12.8 Å². The first-order valence-electron chi connectivity index (χ1n) is 28.3. The fourth-order valence-corrected chi connectivity index (χ4v) is 9.11. The van der Waals surface area contributed by atoms with Crippen LogP contribution >= 0.6 is 0 Å². The van der Waals surface area contributed by atoms with Crippen LogP contribution in [0.3, 0.4) is 0 Å². The highest BCUT2D eigenvalue weighted by Gasteiger charge is 2.47. The van der Waals surface area contributed by atoms with Crippen molar-refractivity contribution in [3.63, 3.8) is 0 Å². The quantitative estimate of drug-likeness (QED) is 0.0172. The van der Waals surface area contributed by atoms with Crippen LogP contribution in [0.25, 0.3) is 0 Å². The molecule has 2 saturated heterocycles. The molecule has 15 heteroatoms. The third-order valence-corrected chi connectivity index (χ3v) is 13.7. The van der Waals surface area contributed by atoms with Gasteiger partial charge in [0.25, 0.3) is 0 Å². The number of carbonyl (C=O) groups is 2. The van der Waals surface area contributed by atoms with Crippen LogP contribution in [0.2, 0.25) is 0 Å². The zero-order valence-electron chi connectivity index (χ0n) is 43.8. The first-order valence-corrected chi connectivity index (χ1v) is 28.3. The lowest BCUT2D eigenvalue weighted by atomic mass is 9.98. The van der Waals surface area contributed by atoms with Crippen LogP contribution in [-0.2, 0) is 38.0 Å². The number of carbonyl (C=O) groups excluding carboxylic acids is 2. The van der Waals surface area contributed by atoms with Gasteiger partial charge in [-0.15, -0.1) is 0 Å². The van der Waals surface area contributed by atoms with Gasteiger partial charge >= 0.3 is 11.9 Å². The Morgan fingerprint density at radius 3 is 1.30 bits per heavy atom. The van der Waals surface area contributed by atoms with Crippen LogP contribution in [0.15, 0.2) is 12.2 Å². The van der Waals surface area contributed by atoms with Gasteiger partial charge < -0.3 is 64.2 Å². The molecule has 2 heterocycles. The second-order valence-electron chi connectivity index (χ2n) is 20.1. The molecule has 0 amide bonds. The van der Waals surface area contributed by atoms with Crippen LogP contribution in [0.1, 0.15) is 232 Å². The fourth-order valence-electron chi connectivity index (χ4n) is 9.11. The first-order chi connectivity index (χ1) is 34.0. The summed E-state index contributed by atoms with van der Waals surface area (Å²) in [5.74, 6) is -0.951. The predicted molar refractivity (Wildman–Crippen MR) is 271 cm³/mol. The SMILES string of the molecule is CCCCCCCCCCCCCCCCCCCC/C=C/CCCC(=O)O[C@H](COC(=O)CCCCCCCCCCCCC)CO[C@H]1O[C@@H](CO[C@H]2O[C@@H](CO)[C@@H](O)C(O)C2O)[C@@H](O)C(O)C1O. The van der Waals surface area contributed by atoms with E-state index in [1.807, 2.05) is 0 Å². The van der Waals surface area contributed by atoms with Gasteiger partial charge in [0.2, 0.25) is 0 Å². The van der Waals surface area contributed by atoms with Gasteiger partial charge in [0.1, 0.15) is 55.4 Å². The normalized spacial score (nSPS) is 25.4. The van der Waals surface area contributed by atoms with E-state index >= 15 is 0 Å². The Balaban J connectivity index is 1.74. The molecule has 0 aliphatic carbocycles. The van der Waals surface area contributed by atoms with E-state index in [-0.39, 0.29) is 26.1 Å². The molecule has 2 rings (SSSR count). The summed E-state index contributed by atoms with van der Waals surface area (Å²) in [4.78, 5) is 25.8. The van der Waals surface area contributed by atoms with Crippen LogP contribution < -0.4 is 0 Å². The summed E-state index contributed by atoms with van der Waals surface area (Å²) >= 11 is 0. The average molecular weight is 1000 g/mol. The van der Waals surface area contributed by atoms with Crippen molar-refractivity contribution in [2.24, 2.45) is 0 Å². The Labute approximate surface area is 422 Å². The fraction of sp³-hybridized carbons (Fsp3) is 0.927. The van der Waals surface area contributed by atoms with Crippen molar-refractivity contribution in [2.45, 2.75) is 300 Å². The van der Waals surface area contributed by atoms with Crippen LogP contribution in [-0.4, -0.2) is 142 Å². The maximum atomic E-state index is 13.0. The van der Waals surface area contributed by atoms with E-state index in [0.29, 0.717) is 19.3 Å². The van der Waals surface area contributed by atoms with E-state index in [1.54, 1.807) is 0 Å². The maximum absolute atomic E-state index is 13.0. The highest BCUT2D eigenvalue weighted by atomic mass is 16.7. The van der Waals surface area contributed by atoms with Gasteiger partial charge in [-0.3, -0.25) is 9.59 Å². The van der Waals surface area contributed by atoms with Gasteiger partial charge in [0.15, 0.2) is 18.7 Å². The predicted octanol–water partition coefficient (Wildman–Crippen LogP) is 8.94. The van der Waals surface area contributed by atoms with E-state index in [0.717, 1.165) is 32.1 Å². The molecule has 0 saturated carbocycles. The Morgan fingerprint density at radius 1 is 0.443 bits per heavy atom. The third-order valence-electron chi connectivity index (χ3n) is 13.7. The molecule has 0 aromatic heterocycles. The van der Waals surface area contributed by atoms with E-state index in [4.69, 9.17) is 28.4 Å². The summed E-state index contributed by atoms with van der Waals surface area (Å²) in [5.41, 5.74) is 0. The number of allylic oxidation sites excluding steroid dienone is 2. The van der Waals surface area contributed by atoms with Crippen molar-refractivity contribution in [1.82, 2.24) is 0 Å². The largest absolute Gasteiger partial charge is 0.462 e. The molecule has 0 aromatic carbocycles. The van der Waals surface area contributed by atoms with Crippen LogP contribution in [0, 0.1) is 0 Å². The summed E-state index contributed by atoms with van der Waals surface area (Å²) in [6.45, 7) is 2.59. The smallest absolute Gasteiger partial charge is 0.306 e. The molecule has 70 heavy (non-hydrogen) atoms. The molecular formula is C55H102O15. The number of rotatable bonds is 45. The summed E-state index contributed by atoms with van der Waals surface area (Å²) in [5, 5.41) is 72.1. The minimum absolute atomic E-state index is 0.123. The third kappa shape index (κ3) is 29.8. The number of esters is 2. The first kappa shape index (κ1) is 64.4. The Hall–Kier alpha value is -1.76. The van der Waals surface area contributed by atoms with E-state index < -0.39 is 92.7 Å². The molecule has 2 aliphatic heterocycles. The summed E-state index contributed by atoms with van der Waals surface area (Å²) < 4.78 is 33.6.